The molecule has 2 N–H and O–H groups in total. The van der Waals surface area contributed by atoms with Crippen LogP contribution in [0.1, 0.15) is 5.69 Å². The van der Waals surface area contributed by atoms with Crippen LogP contribution in [0.25, 0.3) is 10.9 Å². The van der Waals surface area contributed by atoms with E-state index < -0.39 is 0 Å². The second-order valence-electron chi connectivity index (χ2n) is 4.19. The van der Waals surface area contributed by atoms with Crippen LogP contribution in [0.2, 0.25) is 10.2 Å². The molecule has 0 bridgehead atoms. The second kappa shape index (κ2) is 5.11. The second-order valence-corrected chi connectivity index (χ2v) is 4.95. The smallest absolute Gasteiger partial charge is 0.129 e. The van der Waals surface area contributed by atoms with Crippen LogP contribution in [-0.2, 0) is 6.54 Å². The Kier molecular flexibility index (Phi) is 3.32. The van der Waals surface area contributed by atoms with Gasteiger partial charge in [0.15, 0.2) is 0 Å². The third-order valence-corrected chi connectivity index (χ3v) is 3.57. The predicted octanol–water partition coefficient (Wildman–Crippen LogP) is 4.48. The van der Waals surface area contributed by atoms with Gasteiger partial charge in [0.05, 0.1) is 29.1 Å². The molecule has 0 saturated carbocycles. The summed E-state index contributed by atoms with van der Waals surface area (Å²) in [7, 11) is 0. The zero-order valence-electron chi connectivity index (χ0n) is 9.95. The summed E-state index contributed by atoms with van der Waals surface area (Å²) in [5.41, 5.74) is 2.90. The lowest BCUT2D eigenvalue weighted by atomic mass is 10.2. The number of aromatic nitrogens is 2. The maximum Gasteiger partial charge on any atom is 0.129 e. The molecule has 1 aromatic carbocycles. The average Bonchev–Trinajstić information content (AvgIpc) is 2.76. The fraction of sp³-hybridized carbons (Fsp3) is 0.0714. The number of rotatable bonds is 3. The van der Waals surface area contributed by atoms with Gasteiger partial charge in [0, 0.05) is 10.9 Å². The van der Waals surface area contributed by atoms with Crippen LogP contribution in [-0.4, -0.2) is 9.97 Å². The molecule has 5 heteroatoms. The highest BCUT2D eigenvalue weighted by atomic mass is 35.5. The van der Waals surface area contributed by atoms with Gasteiger partial charge in [-0.1, -0.05) is 41.4 Å². The van der Waals surface area contributed by atoms with Gasteiger partial charge < -0.3 is 10.3 Å². The third-order valence-electron chi connectivity index (χ3n) is 2.91. The van der Waals surface area contributed by atoms with Crippen LogP contribution in [0.4, 0.5) is 5.69 Å². The van der Waals surface area contributed by atoms with Crippen molar-refractivity contribution in [1.82, 2.24) is 9.97 Å². The van der Waals surface area contributed by atoms with E-state index in [4.69, 9.17) is 23.2 Å². The number of pyridine rings is 1. The van der Waals surface area contributed by atoms with Gasteiger partial charge in [0.1, 0.15) is 5.15 Å². The first-order chi connectivity index (χ1) is 9.24. The van der Waals surface area contributed by atoms with Crippen LogP contribution in [0.3, 0.4) is 0 Å². The van der Waals surface area contributed by atoms with E-state index in [1.54, 1.807) is 12.3 Å². The quantitative estimate of drug-likeness (QED) is 0.699. The summed E-state index contributed by atoms with van der Waals surface area (Å²) in [6, 6.07) is 11.6. The first-order valence-corrected chi connectivity index (χ1v) is 6.60. The summed E-state index contributed by atoms with van der Waals surface area (Å²) in [4.78, 5) is 7.32. The molecule has 0 aliphatic rings. The van der Waals surface area contributed by atoms with Crippen molar-refractivity contribution in [2.75, 3.05) is 5.32 Å². The summed E-state index contributed by atoms with van der Waals surface area (Å²) in [5, 5.41) is 5.53. The maximum atomic E-state index is 6.34. The molecule has 0 aliphatic heterocycles. The van der Waals surface area contributed by atoms with Crippen molar-refractivity contribution < 1.29 is 0 Å². The van der Waals surface area contributed by atoms with Gasteiger partial charge in [-0.3, -0.25) is 0 Å². The monoisotopic (exact) mass is 291 g/mol. The fourth-order valence-corrected chi connectivity index (χ4v) is 2.35. The minimum Gasteiger partial charge on any atom is -0.378 e. The minimum atomic E-state index is 0.481. The molecule has 19 heavy (non-hydrogen) atoms. The number of halogens is 2. The van der Waals surface area contributed by atoms with Crippen LogP contribution in [0.5, 0.6) is 0 Å². The molecule has 0 radical (unpaired) electrons. The number of fused-ring (bicyclic) bond motifs is 1. The van der Waals surface area contributed by atoms with E-state index in [9.17, 15) is 0 Å². The molecule has 3 rings (SSSR count). The summed E-state index contributed by atoms with van der Waals surface area (Å²) >= 11 is 12.1. The molecule has 0 saturated heterocycles. The van der Waals surface area contributed by atoms with E-state index >= 15 is 0 Å². The summed E-state index contributed by atoms with van der Waals surface area (Å²) < 4.78 is 0. The number of aromatic amines is 1. The predicted molar refractivity (Wildman–Crippen MR) is 79.9 cm³/mol. The normalized spacial score (nSPS) is 10.8. The Bertz CT molecular complexity index is 704. The largest absolute Gasteiger partial charge is 0.378 e. The Balaban J connectivity index is 1.82. The van der Waals surface area contributed by atoms with E-state index in [1.807, 2.05) is 30.3 Å². The van der Waals surface area contributed by atoms with E-state index in [2.05, 4.69) is 15.3 Å². The van der Waals surface area contributed by atoms with E-state index in [0.29, 0.717) is 11.7 Å². The number of nitrogens with one attached hydrogen (secondary N) is 2. The van der Waals surface area contributed by atoms with E-state index in [0.717, 1.165) is 27.3 Å². The summed E-state index contributed by atoms with van der Waals surface area (Å²) in [5.74, 6) is 0. The van der Waals surface area contributed by atoms with Crippen molar-refractivity contribution in [3.05, 3.63) is 58.5 Å². The van der Waals surface area contributed by atoms with E-state index in [-0.39, 0.29) is 0 Å². The van der Waals surface area contributed by atoms with Crippen molar-refractivity contribution >= 4 is 39.8 Å². The Labute approximate surface area is 120 Å². The number of nitrogens with zero attached hydrogens (tertiary/aromatic N) is 1. The Morgan fingerprint density at radius 2 is 1.95 bits per heavy atom. The summed E-state index contributed by atoms with van der Waals surface area (Å²) in [6.45, 7) is 0.608. The van der Waals surface area contributed by atoms with Crippen LogP contribution >= 0.6 is 23.2 Å². The van der Waals surface area contributed by atoms with Gasteiger partial charge in [-0.15, -0.1) is 0 Å². The number of H-pyrrole nitrogens is 1. The molecule has 0 amide bonds. The van der Waals surface area contributed by atoms with Crippen molar-refractivity contribution in [1.29, 1.82) is 0 Å². The number of hydrogen-bond donors (Lipinski definition) is 2. The lowest BCUT2D eigenvalue weighted by Gasteiger charge is -2.04. The highest BCUT2D eigenvalue weighted by molar-refractivity contribution is 6.36. The first kappa shape index (κ1) is 12.3. The van der Waals surface area contributed by atoms with Gasteiger partial charge in [0.2, 0.25) is 0 Å². The molecular formula is C14H11Cl2N3. The molecule has 3 nitrogen and oxygen atoms in total. The molecule has 0 atom stereocenters. The molecule has 0 spiro atoms. The third kappa shape index (κ3) is 2.53. The molecule has 2 heterocycles. The van der Waals surface area contributed by atoms with Crippen molar-refractivity contribution in [2.24, 2.45) is 0 Å². The van der Waals surface area contributed by atoms with Crippen molar-refractivity contribution in [2.45, 2.75) is 6.54 Å². The first-order valence-electron chi connectivity index (χ1n) is 5.84. The number of hydrogen-bond acceptors (Lipinski definition) is 2. The van der Waals surface area contributed by atoms with Crippen molar-refractivity contribution in [3.8, 4) is 0 Å². The molecule has 3 aromatic rings. The van der Waals surface area contributed by atoms with E-state index in [1.165, 1.54) is 0 Å². The molecule has 2 aromatic heterocycles. The molecule has 0 unspecified atom stereocenters. The molecular weight excluding hydrogens is 281 g/mol. The van der Waals surface area contributed by atoms with Gasteiger partial charge >= 0.3 is 0 Å². The topological polar surface area (TPSA) is 40.7 Å². The lowest BCUT2D eigenvalue weighted by molar-refractivity contribution is 1.08. The fourth-order valence-electron chi connectivity index (χ4n) is 1.96. The molecule has 0 fully saturated rings. The lowest BCUT2D eigenvalue weighted by Crippen LogP contribution is -2.00. The van der Waals surface area contributed by atoms with Gasteiger partial charge in [0.25, 0.3) is 0 Å². The minimum absolute atomic E-state index is 0.481. The SMILES string of the molecule is Clc1ccc(NCc2[nH]c3ccccc3c2Cl)cn1. The Morgan fingerprint density at radius 1 is 1.11 bits per heavy atom. The van der Waals surface area contributed by atoms with Crippen LogP contribution in [0.15, 0.2) is 42.6 Å². The number of para-hydroxylation sites is 1. The highest BCUT2D eigenvalue weighted by Crippen LogP contribution is 2.27. The molecule has 96 valence electrons. The standard InChI is InChI=1S/C14H11Cl2N3/c15-13-6-5-9(7-18-13)17-8-12-14(16)10-3-1-2-4-11(10)19-12/h1-7,17,19H,8H2. The number of anilines is 1. The number of benzene rings is 1. The maximum absolute atomic E-state index is 6.34. The zero-order valence-corrected chi connectivity index (χ0v) is 11.5. The zero-order chi connectivity index (χ0) is 13.2. The average molecular weight is 292 g/mol. The van der Waals surface area contributed by atoms with Crippen molar-refractivity contribution in [3.63, 3.8) is 0 Å². The Hall–Kier alpha value is -1.71. The van der Waals surface area contributed by atoms with Gasteiger partial charge in [-0.05, 0) is 18.2 Å². The molecule has 0 aliphatic carbocycles. The van der Waals surface area contributed by atoms with Gasteiger partial charge in [-0.2, -0.15) is 0 Å². The summed E-state index contributed by atoms with van der Waals surface area (Å²) in [6.07, 6.45) is 1.69. The van der Waals surface area contributed by atoms with Crippen LogP contribution < -0.4 is 5.32 Å². The van der Waals surface area contributed by atoms with Crippen LogP contribution in [0, 0.1) is 0 Å². The van der Waals surface area contributed by atoms with Gasteiger partial charge in [-0.25, -0.2) is 4.98 Å². The highest BCUT2D eigenvalue weighted by Gasteiger charge is 2.08. The Morgan fingerprint density at radius 3 is 2.68 bits per heavy atom.